The summed E-state index contributed by atoms with van der Waals surface area (Å²) in [4.78, 5) is -0.0816. The van der Waals surface area contributed by atoms with Gasteiger partial charge in [0.15, 0.2) is 0 Å². The zero-order valence-electron chi connectivity index (χ0n) is 17.4. The SMILES string of the molecule is Cc1cc(O)cc(OS(=O)(=O)c2ccccc2OCc2ccc(-c3ccccc3)cc2)c1. The van der Waals surface area contributed by atoms with Crippen LogP contribution < -0.4 is 8.92 Å². The lowest BCUT2D eigenvalue weighted by atomic mass is 10.0. The standard InChI is InChI=1S/C26H22O5S/c1-19-15-23(27)17-24(16-19)31-32(28,29)26-10-6-5-9-25(26)30-18-20-11-13-22(14-12-20)21-7-3-2-4-8-21/h2-17,27H,18H2,1H3. The maximum Gasteiger partial charge on any atom is 0.342 e. The quantitative estimate of drug-likeness (QED) is 0.368. The summed E-state index contributed by atoms with van der Waals surface area (Å²) in [6.45, 7) is 1.94. The second-order valence-electron chi connectivity index (χ2n) is 7.34. The van der Waals surface area contributed by atoms with E-state index in [1.807, 2.05) is 54.6 Å². The van der Waals surface area contributed by atoms with Crippen molar-refractivity contribution < 1.29 is 22.4 Å². The van der Waals surface area contributed by atoms with E-state index in [2.05, 4.69) is 0 Å². The lowest BCUT2D eigenvalue weighted by molar-refractivity contribution is 0.297. The molecule has 0 aromatic heterocycles. The van der Waals surface area contributed by atoms with E-state index in [1.165, 1.54) is 24.3 Å². The molecule has 0 unspecified atom stereocenters. The molecule has 6 heteroatoms. The first-order valence-electron chi connectivity index (χ1n) is 10.0. The monoisotopic (exact) mass is 446 g/mol. The highest BCUT2D eigenvalue weighted by molar-refractivity contribution is 7.87. The molecular weight excluding hydrogens is 424 g/mol. The first-order valence-corrected chi connectivity index (χ1v) is 11.4. The summed E-state index contributed by atoms with van der Waals surface area (Å²) in [7, 11) is -4.16. The van der Waals surface area contributed by atoms with Gasteiger partial charge in [0.05, 0.1) is 0 Å². The van der Waals surface area contributed by atoms with E-state index in [-0.39, 0.29) is 28.8 Å². The molecule has 0 spiro atoms. The van der Waals surface area contributed by atoms with E-state index in [4.69, 9.17) is 8.92 Å². The van der Waals surface area contributed by atoms with E-state index in [1.54, 1.807) is 25.1 Å². The Morgan fingerprint density at radius 2 is 1.44 bits per heavy atom. The minimum Gasteiger partial charge on any atom is -0.508 e. The highest BCUT2D eigenvalue weighted by atomic mass is 32.2. The topological polar surface area (TPSA) is 72.8 Å². The van der Waals surface area contributed by atoms with Crippen LogP contribution in [0.5, 0.6) is 17.2 Å². The normalized spacial score (nSPS) is 11.2. The number of benzene rings is 4. The van der Waals surface area contributed by atoms with E-state index >= 15 is 0 Å². The van der Waals surface area contributed by atoms with E-state index in [0.717, 1.165) is 16.7 Å². The number of aryl methyl sites for hydroxylation is 1. The predicted octanol–water partition coefficient (Wildman–Crippen LogP) is 5.71. The van der Waals surface area contributed by atoms with Gasteiger partial charge in [0, 0.05) is 6.07 Å². The average molecular weight is 447 g/mol. The maximum atomic E-state index is 12.9. The summed E-state index contributed by atoms with van der Waals surface area (Å²) in [6.07, 6.45) is 0. The number of hydrogen-bond donors (Lipinski definition) is 1. The van der Waals surface area contributed by atoms with Gasteiger partial charge in [-0.05, 0) is 53.4 Å². The molecule has 162 valence electrons. The van der Waals surface area contributed by atoms with Crippen molar-refractivity contribution in [3.8, 4) is 28.4 Å². The van der Waals surface area contributed by atoms with Gasteiger partial charge in [-0.3, -0.25) is 0 Å². The van der Waals surface area contributed by atoms with Crippen LogP contribution >= 0.6 is 0 Å². The number of phenolic OH excluding ortho intramolecular Hbond substituents is 1. The molecule has 0 saturated heterocycles. The Morgan fingerprint density at radius 1 is 0.781 bits per heavy atom. The second-order valence-corrected chi connectivity index (χ2v) is 8.85. The lowest BCUT2D eigenvalue weighted by Gasteiger charge is -2.13. The molecule has 32 heavy (non-hydrogen) atoms. The van der Waals surface area contributed by atoms with Gasteiger partial charge in [0.2, 0.25) is 0 Å². The number of ether oxygens (including phenoxy) is 1. The summed E-state index contributed by atoms with van der Waals surface area (Å²) in [5, 5.41) is 9.72. The van der Waals surface area contributed by atoms with Crippen molar-refractivity contribution in [2.45, 2.75) is 18.4 Å². The van der Waals surface area contributed by atoms with Gasteiger partial charge >= 0.3 is 10.1 Å². The maximum absolute atomic E-state index is 12.9. The van der Waals surface area contributed by atoms with Crippen LogP contribution in [0.2, 0.25) is 0 Å². The molecule has 0 aliphatic rings. The van der Waals surface area contributed by atoms with Crippen molar-refractivity contribution >= 4 is 10.1 Å². The smallest absolute Gasteiger partial charge is 0.342 e. The van der Waals surface area contributed by atoms with Gasteiger partial charge in [-0.2, -0.15) is 8.42 Å². The summed E-state index contributed by atoms with van der Waals surface area (Å²) in [5.41, 5.74) is 3.79. The number of para-hydroxylation sites is 1. The third-order valence-corrected chi connectivity index (χ3v) is 6.10. The Hall–Kier alpha value is -3.77. The van der Waals surface area contributed by atoms with Crippen LogP contribution in [0.4, 0.5) is 0 Å². The molecule has 0 aliphatic carbocycles. The molecule has 0 saturated carbocycles. The largest absolute Gasteiger partial charge is 0.508 e. The fourth-order valence-electron chi connectivity index (χ4n) is 3.31. The van der Waals surface area contributed by atoms with Crippen LogP contribution in [-0.2, 0) is 16.7 Å². The summed E-state index contributed by atoms with van der Waals surface area (Å²) >= 11 is 0. The van der Waals surface area contributed by atoms with Gasteiger partial charge in [0.25, 0.3) is 0 Å². The average Bonchev–Trinajstić information content (AvgIpc) is 2.78. The molecule has 0 bridgehead atoms. The molecule has 5 nitrogen and oxygen atoms in total. The Morgan fingerprint density at radius 3 is 2.16 bits per heavy atom. The van der Waals surface area contributed by atoms with Gasteiger partial charge in [0.1, 0.15) is 28.8 Å². The molecular formula is C26H22O5S. The molecule has 4 aromatic carbocycles. The number of phenols is 1. The third kappa shape index (κ3) is 5.10. The summed E-state index contributed by atoms with van der Waals surface area (Å²) in [5.74, 6) is 0.156. The van der Waals surface area contributed by atoms with E-state index < -0.39 is 10.1 Å². The Balaban J connectivity index is 1.51. The molecule has 0 aliphatic heterocycles. The van der Waals surface area contributed by atoms with Crippen LogP contribution in [0.15, 0.2) is 102 Å². The zero-order chi connectivity index (χ0) is 22.6. The van der Waals surface area contributed by atoms with Crippen LogP contribution in [0, 0.1) is 6.92 Å². The van der Waals surface area contributed by atoms with Crippen molar-refractivity contribution in [2.24, 2.45) is 0 Å². The Bertz CT molecular complexity index is 1290. The van der Waals surface area contributed by atoms with E-state index in [0.29, 0.717) is 5.56 Å². The lowest BCUT2D eigenvalue weighted by Crippen LogP contribution is -2.12. The minimum absolute atomic E-state index is 0.0359. The number of hydrogen-bond acceptors (Lipinski definition) is 5. The predicted molar refractivity (Wildman–Crippen MR) is 123 cm³/mol. The van der Waals surface area contributed by atoms with Crippen LogP contribution in [0.3, 0.4) is 0 Å². The van der Waals surface area contributed by atoms with E-state index in [9.17, 15) is 13.5 Å². The molecule has 0 fully saturated rings. The first-order chi connectivity index (χ1) is 15.4. The van der Waals surface area contributed by atoms with Gasteiger partial charge in [-0.15, -0.1) is 0 Å². The third-order valence-electron chi connectivity index (χ3n) is 4.82. The fraction of sp³-hybridized carbons (Fsp3) is 0.0769. The van der Waals surface area contributed by atoms with Gasteiger partial charge in [-0.25, -0.2) is 0 Å². The molecule has 0 amide bonds. The van der Waals surface area contributed by atoms with Gasteiger partial charge in [-0.1, -0.05) is 66.7 Å². The Labute approximate surface area is 187 Å². The van der Waals surface area contributed by atoms with Crippen LogP contribution in [-0.4, -0.2) is 13.5 Å². The van der Waals surface area contributed by atoms with Crippen molar-refractivity contribution in [3.63, 3.8) is 0 Å². The highest BCUT2D eigenvalue weighted by Gasteiger charge is 2.22. The fourth-order valence-corrected chi connectivity index (χ4v) is 4.37. The number of aromatic hydroxyl groups is 1. The number of rotatable bonds is 7. The highest BCUT2D eigenvalue weighted by Crippen LogP contribution is 2.30. The van der Waals surface area contributed by atoms with Crippen molar-refractivity contribution in [1.82, 2.24) is 0 Å². The summed E-state index contributed by atoms with van der Waals surface area (Å²) in [6, 6.07) is 28.6. The minimum atomic E-state index is -4.16. The van der Waals surface area contributed by atoms with Gasteiger partial charge < -0.3 is 14.0 Å². The first kappa shape index (κ1) is 21.5. The molecule has 1 N–H and O–H groups in total. The molecule has 0 atom stereocenters. The molecule has 4 aromatic rings. The second kappa shape index (κ2) is 9.16. The summed E-state index contributed by atoms with van der Waals surface area (Å²) < 4.78 is 36.8. The van der Waals surface area contributed by atoms with Crippen LogP contribution in [0.1, 0.15) is 11.1 Å². The van der Waals surface area contributed by atoms with Crippen molar-refractivity contribution in [2.75, 3.05) is 0 Å². The van der Waals surface area contributed by atoms with Crippen LogP contribution in [0.25, 0.3) is 11.1 Å². The molecule has 0 heterocycles. The molecule has 0 radical (unpaired) electrons. The Kier molecular flexibility index (Phi) is 6.14. The molecule has 4 rings (SSSR count). The van der Waals surface area contributed by atoms with Crippen molar-refractivity contribution in [3.05, 3.63) is 108 Å². The van der Waals surface area contributed by atoms with Crippen molar-refractivity contribution in [1.29, 1.82) is 0 Å². The zero-order valence-corrected chi connectivity index (χ0v) is 18.2.